The summed E-state index contributed by atoms with van der Waals surface area (Å²) in [4.78, 5) is 38.8. The maximum Gasteiger partial charge on any atom is 0.334 e. The number of hydrogen-bond acceptors (Lipinski definition) is 4. The highest BCUT2D eigenvalue weighted by Crippen LogP contribution is 2.25. The van der Waals surface area contributed by atoms with E-state index < -0.39 is 17.8 Å². The Morgan fingerprint density at radius 3 is 2.04 bits per heavy atom. The molecule has 26 heavy (non-hydrogen) atoms. The van der Waals surface area contributed by atoms with Crippen molar-refractivity contribution in [2.45, 2.75) is 13.1 Å². The Labute approximate surface area is 159 Å². The van der Waals surface area contributed by atoms with E-state index >= 15 is 0 Å². The van der Waals surface area contributed by atoms with E-state index in [1.54, 1.807) is 42.5 Å². The van der Waals surface area contributed by atoms with Crippen molar-refractivity contribution < 1.29 is 19.1 Å². The lowest BCUT2D eigenvalue weighted by Gasteiger charge is -2.16. The Hall–Kier alpha value is -2.57. The number of nitrogens with zero attached hydrogens (tertiary/aromatic N) is 2. The summed E-state index contributed by atoms with van der Waals surface area (Å²) in [6.45, 7) is -0.0760. The monoisotopic (exact) mass is 392 g/mol. The molecular weight excluding hydrogens is 379 g/mol. The van der Waals surface area contributed by atoms with Gasteiger partial charge in [-0.15, -0.1) is 0 Å². The summed E-state index contributed by atoms with van der Waals surface area (Å²) in [6, 6.07) is 11.0. The third kappa shape index (κ3) is 3.52. The molecule has 1 fully saturated rings. The molecule has 8 heteroatoms. The Morgan fingerprint density at radius 2 is 1.46 bits per heavy atom. The molecule has 2 aromatic carbocycles. The summed E-state index contributed by atoms with van der Waals surface area (Å²) in [5.41, 5.74) is 1.27. The molecule has 1 saturated heterocycles. The molecular formula is C18H14Cl2N2O4. The number of benzene rings is 2. The normalized spacial score (nSPS) is 14.3. The zero-order chi connectivity index (χ0) is 18.8. The van der Waals surface area contributed by atoms with E-state index in [4.69, 9.17) is 27.9 Å². The average molecular weight is 393 g/mol. The molecule has 1 aliphatic heterocycles. The number of ether oxygens (including phenoxy) is 1. The van der Waals surface area contributed by atoms with Gasteiger partial charge in [-0.2, -0.15) is 0 Å². The maximum atomic E-state index is 12.6. The first-order valence-corrected chi connectivity index (χ1v) is 8.40. The topological polar surface area (TPSA) is 66.9 Å². The second-order valence-electron chi connectivity index (χ2n) is 5.67. The number of imide groups is 2. The standard InChI is InChI=1S/C18H14Cl2N2O4/c1-26-13-4-2-3-11(7-13)9-21-16(23)17(24)22(18(21)25)10-12-5-6-14(19)15(20)8-12/h2-8H,9-10H2,1H3. The number of halogens is 2. The molecule has 0 spiro atoms. The fraction of sp³-hybridized carbons (Fsp3) is 0.167. The van der Waals surface area contributed by atoms with E-state index in [2.05, 4.69) is 0 Å². The minimum absolute atomic E-state index is 0.0154. The zero-order valence-electron chi connectivity index (χ0n) is 13.7. The van der Waals surface area contributed by atoms with E-state index in [1.807, 2.05) is 0 Å². The minimum Gasteiger partial charge on any atom is -0.497 e. The van der Waals surface area contributed by atoms with Crippen LogP contribution in [0.3, 0.4) is 0 Å². The number of carbonyl (C=O) groups is 3. The van der Waals surface area contributed by atoms with Crippen molar-refractivity contribution >= 4 is 41.0 Å². The van der Waals surface area contributed by atoms with Crippen LogP contribution in [0.15, 0.2) is 42.5 Å². The Balaban J connectivity index is 1.79. The van der Waals surface area contributed by atoms with Gasteiger partial charge in [-0.25, -0.2) is 4.79 Å². The third-order valence-corrected chi connectivity index (χ3v) is 4.67. The van der Waals surface area contributed by atoms with Crippen molar-refractivity contribution in [2.24, 2.45) is 0 Å². The highest BCUT2D eigenvalue weighted by Gasteiger charge is 2.44. The number of carbonyl (C=O) groups excluding carboxylic acids is 3. The van der Waals surface area contributed by atoms with Crippen LogP contribution in [0.1, 0.15) is 11.1 Å². The maximum absolute atomic E-state index is 12.6. The molecule has 1 aliphatic rings. The van der Waals surface area contributed by atoms with Crippen LogP contribution in [0.4, 0.5) is 4.79 Å². The van der Waals surface area contributed by atoms with Gasteiger partial charge < -0.3 is 4.74 Å². The van der Waals surface area contributed by atoms with Crippen molar-refractivity contribution in [2.75, 3.05) is 7.11 Å². The van der Waals surface area contributed by atoms with Gasteiger partial charge in [-0.3, -0.25) is 19.4 Å². The molecule has 0 N–H and O–H groups in total. The van der Waals surface area contributed by atoms with E-state index in [-0.39, 0.29) is 13.1 Å². The van der Waals surface area contributed by atoms with E-state index in [0.29, 0.717) is 26.9 Å². The largest absolute Gasteiger partial charge is 0.497 e. The summed E-state index contributed by atoms with van der Waals surface area (Å²) in [7, 11) is 1.52. The molecule has 0 radical (unpaired) electrons. The first-order chi connectivity index (χ1) is 12.4. The number of methoxy groups -OCH3 is 1. The van der Waals surface area contributed by atoms with Gasteiger partial charge in [0.25, 0.3) is 0 Å². The number of rotatable bonds is 5. The fourth-order valence-corrected chi connectivity index (χ4v) is 2.92. The van der Waals surface area contributed by atoms with Gasteiger partial charge in [0.05, 0.1) is 30.2 Å². The predicted octanol–water partition coefficient (Wildman–Crippen LogP) is 3.49. The lowest BCUT2D eigenvalue weighted by Crippen LogP contribution is -2.32. The smallest absolute Gasteiger partial charge is 0.334 e. The molecule has 0 saturated carbocycles. The fourth-order valence-electron chi connectivity index (χ4n) is 2.60. The third-order valence-electron chi connectivity index (χ3n) is 3.93. The molecule has 134 valence electrons. The lowest BCUT2D eigenvalue weighted by molar-refractivity contribution is -0.143. The van der Waals surface area contributed by atoms with Crippen LogP contribution in [-0.4, -0.2) is 34.8 Å². The van der Waals surface area contributed by atoms with E-state index in [1.165, 1.54) is 7.11 Å². The van der Waals surface area contributed by atoms with Gasteiger partial charge in [0, 0.05) is 0 Å². The number of amides is 4. The molecule has 2 aromatic rings. The van der Waals surface area contributed by atoms with Crippen molar-refractivity contribution in [1.82, 2.24) is 9.80 Å². The Bertz CT molecular complexity index is 901. The van der Waals surface area contributed by atoms with Crippen molar-refractivity contribution in [3.8, 4) is 5.75 Å². The van der Waals surface area contributed by atoms with Gasteiger partial charge in [0.2, 0.25) is 0 Å². The van der Waals surface area contributed by atoms with Crippen LogP contribution in [0.5, 0.6) is 5.75 Å². The van der Waals surface area contributed by atoms with Crippen LogP contribution < -0.4 is 4.74 Å². The van der Waals surface area contributed by atoms with E-state index in [0.717, 1.165) is 9.80 Å². The molecule has 0 bridgehead atoms. The first kappa shape index (κ1) is 18.2. The summed E-state index contributed by atoms with van der Waals surface area (Å²) < 4.78 is 5.13. The summed E-state index contributed by atoms with van der Waals surface area (Å²) in [5, 5.41) is 0.674. The van der Waals surface area contributed by atoms with Gasteiger partial charge in [0.1, 0.15) is 5.75 Å². The zero-order valence-corrected chi connectivity index (χ0v) is 15.3. The second kappa shape index (κ2) is 7.35. The first-order valence-electron chi connectivity index (χ1n) is 7.65. The highest BCUT2D eigenvalue weighted by molar-refractivity contribution is 6.44. The highest BCUT2D eigenvalue weighted by atomic mass is 35.5. The van der Waals surface area contributed by atoms with Gasteiger partial charge in [-0.05, 0) is 35.4 Å². The average Bonchev–Trinajstić information content (AvgIpc) is 2.83. The number of hydrogen-bond donors (Lipinski definition) is 0. The quantitative estimate of drug-likeness (QED) is 0.576. The van der Waals surface area contributed by atoms with Crippen molar-refractivity contribution in [1.29, 1.82) is 0 Å². The van der Waals surface area contributed by atoms with Gasteiger partial charge >= 0.3 is 17.8 Å². The van der Waals surface area contributed by atoms with Crippen LogP contribution in [0.25, 0.3) is 0 Å². The lowest BCUT2D eigenvalue weighted by atomic mass is 10.2. The van der Waals surface area contributed by atoms with Crippen LogP contribution in [-0.2, 0) is 22.7 Å². The summed E-state index contributed by atoms with van der Waals surface area (Å²) in [6.07, 6.45) is 0. The van der Waals surface area contributed by atoms with Crippen LogP contribution >= 0.6 is 23.2 Å². The minimum atomic E-state index is -0.871. The SMILES string of the molecule is COc1cccc(CN2C(=O)C(=O)N(Cc3ccc(Cl)c(Cl)c3)C2=O)c1. The summed E-state index contributed by atoms with van der Waals surface area (Å²) in [5.74, 6) is -1.14. The molecule has 4 amide bonds. The number of urea groups is 1. The van der Waals surface area contributed by atoms with Crippen molar-refractivity contribution in [3.63, 3.8) is 0 Å². The summed E-state index contributed by atoms with van der Waals surface area (Å²) >= 11 is 11.8. The second-order valence-corrected chi connectivity index (χ2v) is 6.48. The Kier molecular flexibility index (Phi) is 5.15. The molecule has 0 unspecified atom stereocenters. The molecule has 3 rings (SSSR count). The molecule has 0 aromatic heterocycles. The van der Waals surface area contributed by atoms with Gasteiger partial charge in [0.15, 0.2) is 0 Å². The van der Waals surface area contributed by atoms with Crippen LogP contribution in [0.2, 0.25) is 10.0 Å². The molecule has 0 atom stereocenters. The molecule has 1 heterocycles. The Morgan fingerprint density at radius 1 is 0.846 bits per heavy atom. The molecule has 0 aliphatic carbocycles. The molecule has 6 nitrogen and oxygen atoms in total. The predicted molar refractivity (Wildman–Crippen MR) is 96.0 cm³/mol. The van der Waals surface area contributed by atoms with Crippen LogP contribution in [0, 0.1) is 0 Å². The van der Waals surface area contributed by atoms with Crippen molar-refractivity contribution in [3.05, 3.63) is 63.6 Å². The van der Waals surface area contributed by atoms with E-state index in [9.17, 15) is 14.4 Å². The van der Waals surface area contributed by atoms with Gasteiger partial charge in [-0.1, -0.05) is 41.4 Å².